The Labute approximate surface area is 140 Å². The van der Waals surface area contributed by atoms with Gasteiger partial charge >= 0.3 is 0 Å². The summed E-state index contributed by atoms with van der Waals surface area (Å²) in [6.07, 6.45) is 3.35. The van der Waals surface area contributed by atoms with Crippen LogP contribution in [-0.4, -0.2) is 29.6 Å². The molecule has 4 N–H and O–H groups in total. The van der Waals surface area contributed by atoms with Crippen LogP contribution in [0.15, 0.2) is 0 Å². The Hall–Kier alpha value is -1.14. The molecule has 0 bridgehead atoms. The summed E-state index contributed by atoms with van der Waals surface area (Å²) in [7, 11) is 0. The quantitative estimate of drug-likeness (QED) is 0.308. The molecule has 0 saturated heterocycles. The maximum atomic E-state index is 11.9. The summed E-state index contributed by atoms with van der Waals surface area (Å²) in [6, 6.07) is 0. The molecule has 0 aromatic rings. The predicted octanol–water partition coefficient (Wildman–Crippen LogP) is 2.27. The van der Waals surface area contributed by atoms with Gasteiger partial charge < -0.3 is 10.1 Å². The third-order valence-corrected chi connectivity index (χ3v) is 4.62. The van der Waals surface area contributed by atoms with E-state index in [1.165, 1.54) is 0 Å². The molecule has 0 saturated carbocycles. The van der Waals surface area contributed by atoms with Gasteiger partial charge in [0.05, 0.1) is 5.60 Å². The van der Waals surface area contributed by atoms with Crippen LogP contribution in [-0.2, 0) is 14.3 Å². The average Bonchev–Trinajstić information content (AvgIpc) is 2.52. The van der Waals surface area contributed by atoms with Crippen molar-refractivity contribution >= 4 is 11.8 Å². The van der Waals surface area contributed by atoms with Crippen molar-refractivity contribution < 1.29 is 14.3 Å². The minimum absolute atomic E-state index is 0.0301. The van der Waals surface area contributed by atoms with Crippen molar-refractivity contribution in [1.29, 1.82) is 0 Å². The van der Waals surface area contributed by atoms with Crippen molar-refractivity contribution in [2.75, 3.05) is 6.61 Å². The molecule has 136 valence electrons. The van der Waals surface area contributed by atoms with Crippen LogP contribution >= 0.6 is 0 Å². The summed E-state index contributed by atoms with van der Waals surface area (Å²) >= 11 is 0. The first-order valence-corrected chi connectivity index (χ1v) is 8.57. The van der Waals surface area contributed by atoms with Gasteiger partial charge in [-0.05, 0) is 39.5 Å². The lowest BCUT2D eigenvalue weighted by Crippen LogP contribution is -2.48. The summed E-state index contributed by atoms with van der Waals surface area (Å²) in [6.45, 7) is 12.5. The van der Waals surface area contributed by atoms with Crippen molar-refractivity contribution in [3.05, 3.63) is 0 Å². The summed E-state index contributed by atoms with van der Waals surface area (Å²) in [5, 5.41) is 3.11. The van der Waals surface area contributed by atoms with E-state index in [4.69, 9.17) is 10.6 Å². The van der Waals surface area contributed by atoms with Gasteiger partial charge in [0.1, 0.15) is 0 Å². The maximum absolute atomic E-state index is 11.9. The number of nitrogens with two attached hydrogens (primary N) is 1. The molecule has 0 radical (unpaired) electrons. The van der Waals surface area contributed by atoms with Gasteiger partial charge in [-0.3, -0.25) is 15.0 Å². The molecule has 0 aromatic carbocycles. The maximum Gasteiger partial charge on any atom is 0.233 e. The SMILES string of the molecule is CCC(C)(CCOC(C)(CC)CCC(=O)NN)NC(=O)C(C)C. The van der Waals surface area contributed by atoms with Crippen LogP contribution in [0.2, 0.25) is 0 Å². The molecule has 0 aliphatic rings. The summed E-state index contributed by atoms with van der Waals surface area (Å²) in [4.78, 5) is 23.2. The number of rotatable bonds is 11. The zero-order valence-corrected chi connectivity index (χ0v) is 15.6. The van der Waals surface area contributed by atoms with E-state index in [-0.39, 0.29) is 28.9 Å². The Morgan fingerprint density at radius 3 is 2.17 bits per heavy atom. The van der Waals surface area contributed by atoms with Gasteiger partial charge in [0.25, 0.3) is 0 Å². The van der Waals surface area contributed by atoms with Crippen molar-refractivity contribution in [3.63, 3.8) is 0 Å². The van der Waals surface area contributed by atoms with Gasteiger partial charge in [-0.1, -0.05) is 27.7 Å². The van der Waals surface area contributed by atoms with Crippen molar-refractivity contribution in [2.45, 2.75) is 84.8 Å². The Morgan fingerprint density at radius 2 is 1.74 bits per heavy atom. The molecule has 0 aromatic heterocycles. The van der Waals surface area contributed by atoms with E-state index in [1.54, 1.807) is 0 Å². The lowest BCUT2D eigenvalue weighted by atomic mass is 9.93. The number of carbonyl (C=O) groups is 2. The molecule has 0 aliphatic carbocycles. The highest BCUT2D eigenvalue weighted by Gasteiger charge is 2.28. The number of amides is 2. The van der Waals surface area contributed by atoms with Gasteiger partial charge in [0, 0.05) is 24.5 Å². The van der Waals surface area contributed by atoms with Crippen LogP contribution in [0.3, 0.4) is 0 Å². The number of hydrogen-bond donors (Lipinski definition) is 3. The Morgan fingerprint density at radius 1 is 1.13 bits per heavy atom. The van der Waals surface area contributed by atoms with Crippen LogP contribution in [0, 0.1) is 5.92 Å². The number of nitrogens with one attached hydrogen (secondary N) is 2. The molecule has 6 nitrogen and oxygen atoms in total. The highest BCUT2D eigenvalue weighted by atomic mass is 16.5. The van der Waals surface area contributed by atoms with Gasteiger partial charge in [-0.15, -0.1) is 0 Å². The first-order chi connectivity index (χ1) is 10.6. The zero-order valence-electron chi connectivity index (χ0n) is 15.6. The topological polar surface area (TPSA) is 93.4 Å². The number of carbonyl (C=O) groups excluding carboxylic acids is 2. The summed E-state index contributed by atoms with van der Waals surface area (Å²) in [5.74, 6) is 4.96. The van der Waals surface area contributed by atoms with Crippen molar-refractivity contribution in [2.24, 2.45) is 11.8 Å². The highest BCUT2D eigenvalue weighted by molar-refractivity contribution is 5.78. The van der Waals surface area contributed by atoms with Gasteiger partial charge in [-0.25, -0.2) is 5.84 Å². The summed E-state index contributed by atoms with van der Waals surface area (Å²) in [5.41, 5.74) is 1.51. The second kappa shape index (κ2) is 9.88. The third-order valence-electron chi connectivity index (χ3n) is 4.62. The van der Waals surface area contributed by atoms with E-state index in [2.05, 4.69) is 17.7 Å². The Bertz CT molecular complexity index is 387. The molecule has 6 heteroatoms. The second-order valence-corrected chi connectivity index (χ2v) is 7.03. The van der Waals surface area contributed by atoms with E-state index in [0.717, 1.165) is 19.3 Å². The Balaban J connectivity index is 4.49. The minimum Gasteiger partial charge on any atom is -0.375 e. The Kier molecular flexibility index (Phi) is 9.39. The first-order valence-electron chi connectivity index (χ1n) is 8.57. The van der Waals surface area contributed by atoms with Crippen LogP contribution in [0.1, 0.15) is 73.6 Å². The fourth-order valence-electron chi connectivity index (χ4n) is 2.09. The monoisotopic (exact) mass is 329 g/mol. The van der Waals surface area contributed by atoms with Crippen LogP contribution in [0.4, 0.5) is 0 Å². The molecule has 23 heavy (non-hydrogen) atoms. The average molecular weight is 329 g/mol. The molecule has 0 fully saturated rings. The largest absolute Gasteiger partial charge is 0.375 e. The second-order valence-electron chi connectivity index (χ2n) is 7.03. The van der Waals surface area contributed by atoms with Crippen LogP contribution in [0.25, 0.3) is 0 Å². The normalized spacial score (nSPS) is 16.5. The smallest absolute Gasteiger partial charge is 0.233 e. The molecular formula is C17H35N3O3. The lowest BCUT2D eigenvalue weighted by molar-refractivity contribution is -0.127. The van der Waals surface area contributed by atoms with Gasteiger partial charge in [-0.2, -0.15) is 0 Å². The first kappa shape index (κ1) is 21.9. The number of ether oxygens (including phenoxy) is 1. The molecule has 0 rings (SSSR count). The van der Waals surface area contributed by atoms with E-state index in [1.807, 2.05) is 34.6 Å². The van der Waals surface area contributed by atoms with E-state index in [0.29, 0.717) is 19.4 Å². The third kappa shape index (κ3) is 8.32. The molecule has 0 heterocycles. The van der Waals surface area contributed by atoms with Crippen molar-refractivity contribution in [1.82, 2.24) is 10.7 Å². The molecule has 0 aliphatic heterocycles. The van der Waals surface area contributed by atoms with Crippen molar-refractivity contribution in [3.8, 4) is 0 Å². The molecule has 2 amide bonds. The van der Waals surface area contributed by atoms with E-state index in [9.17, 15) is 9.59 Å². The van der Waals surface area contributed by atoms with Gasteiger partial charge in [0.15, 0.2) is 0 Å². The van der Waals surface area contributed by atoms with Crippen LogP contribution < -0.4 is 16.6 Å². The van der Waals surface area contributed by atoms with Gasteiger partial charge in [0.2, 0.25) is 11.8 Å². The zero-order chi connectivity index (χ0) is 18.1. The minimum atomic E-state index is -0.358. The summed E-state index contributed by atoms with van der Waals surface area (Å²) < 4.78 is 6.04. The molecule has 0 spiro atoms. The fourth-order valence-corrected chi connectivity index (χ4v) is 2.09. The lowest BCUT2D eigenvalue weighted by Gasteiger charge is -2.34. The highest BCUT2D eigenvalue weighted by Crippen LogP contribution is 2.24. The number of hydrazine groups is 1. The predicted molar refractivity (Wildman–Crippen MR) is 92.5 cm³/mol. The fraction of sp³-hybridized carbons (Fsp3) is 0.882. The molecule has 2 unspecified atom stereocenters. The van der Waals surface area contributed by atoms with E-state index < -0.39 is 0 Å². The van der Waals surface area contributed by atoms with Crippen LogP contribution in [0.5, 0.6) is 0 Å². The number of hydrogen-bond acceptors (Lipinski definition) is 4. The van der Waals surface area contributed by atoms with E-state index >= 15 is 0 Å². The standard InChI is InChI=1S/C17H35N3O3/c1-7-16(5,19-15(22)13(3)4)11-12-23-17(6,8-2)10-9-14(21)20-18/h13H,7-12,18H2,1-6H3,(H,19,22)(H,20,21). The molecule has 2 atom stereocenters. The molecular weight excluding hydrogens is 294 g/mol.